The molecule has 2 fully saturated rings. The second-order valence-corrected chi connectivity index (χ2v) is 5.07. The van der Waals surface area contributed by atoms with Crippen molar-refractivity contribution in [2.75, 3.05) is 32.2 Å². The monoisotopic (exact) mass is 261 g/mol. The van der Waals surface area contributed by atoms with Gasteiger partial charge in [0.15, 0.2) is 0 Å². The molecule has 6 heteroatoms. The molecule has 0 radical (unpaired) electrons. The van der Waals surface area contributed by atoms with Crippen LogP contribution in [0.1, 0.15) is 12.8 Å². The van der Waals surface area contributed by atoms with Gasteiger partial charge in [0, 0.05) is 38.1 Å². The Bertz CT molecular complexity index is 321. The van der Waals surface area contributed by atoms with Crippen molar-refractivity contribution in [3.63, 3.8) is 0 Å². The van der Waals surface area contributed by atoms with Crippen LogP contribution in [-0.2, 0) is 14.3 Å². The molecule has 0 aromatic rings. The zero-order valence-corrected chi connectivity index (χ0v) is 10.3. The first-order valence-corrected chi connectivity index (χ1v) is 6.28. The molecule has 0 aromatic carbocycles. The molecule has 0 bridgehead atoms. The number of carboxylic acid groups (broad SMARTS) is 1. The third-order valence-electron chi connectivity index (χ3n) is 3.58. The highest BCUT2D eigenvalue weighted by molar-refractivity contribution is 6.20. The predicted molar refractivity (Wildman–Crippen MR) is 60.9 cm³/mol. The van der Waals surface area contributed by atoms with Gasteiger partial charge in [-0.1, -0.05) is 0 Å². The van der Waals surface area contributed by atoms with E-state index in [2.05, 4.69) is 0 Å². The van der Waals surface area contributed by atoms with Crippen molar-refractivity contribution in [1.82, 2.24) is 4.90 Å². The minimum Gasteiger partial charge on any atom is -0.481 e. The number of aliphatic carboxylic acids is 1. The molecule has 2 heterocycles. The molecule has 0 unspecified atom stereocenters. The Hall–Kier alpha value is -0.810. The highest BCUT2D eigenvalue weighted by Gasteiger charge is 2.51. The van der Waals surface area contributed by atoms with Crippen LogP contribution < -0.4 is 0 Å². The first-order valence-electron chi connectivity index (χ1n) is 5.75. The summed E-state index contributed by atoms with van der Waals surface area (Å²) in [6.07, 6.45) is 1.46. The molecule has 0 aliphatic carbocycles. The number of rotatable bonds is 3. The van der Waals surface area contributed by atoms with E-state index in [1.807, 2.05) is 0 Å². The van der Waals surface area contributed by atoms with Crippen LogP contribution in [0.25, 0.3) is 0 Å². The molecule has 1 amide bonds. The predicted octanol–water partition coefficient (Wildman–Crippen LogP) is 0.565. The fourth-order valence-corrected chi connectivity index (χ4v) is 2.60. The number of carboxylic acids is 1. The largest absolute Gasteiger partial charge is 0.481 e. The van der Waals surface area contributed by atoms with E-state index in [4.69, 9.17) is 21.4 Å². The van der Waals surface area contributed by atoms with Crippen LogP contribution in [0.4, 0.5) is 0 Å². The minimum atomic E-state index is -0.928. The first kappa shape index (κ1) is 12.6. The number of ether oxygens (including phenoxy) is 1. The summed E-state index contributed by atoms with van der Waals surface area (Å²) in [6, 6.07) is 0. The molecule has 5 nitrogen and oxygen atoms in total. The number of hydrogen-bond acceptors (Lipinski definition) is 3. The van der Waals surface area contributed by atoms with Gasteiger partial charge < -0.3 is 14.7 Å². The van der Waals surface area contributed by atoms with Crippen molar-refractivity contribution in [2.45, 2.75) is 12.8 Å². The fourth-order valence-electron chi connectivity index (χ4n) is 2.32. The van der Waals surface area contributed by atoms with Crippen molar-refractivity contribution in [2.24, 2.45) is 11.3 Å². The Labute approximate surface area is 105 Å². The molecule has 0 spiro atoms. The van der Waals surface area contributed by atoms with Crippen LogP contribution in [0.2, 0.25) is 0 Å². The van der Waals surface area contributed by atoms with Gasteiger partial charge in [0.25, 0.3) is 0 Å². The quantitative estimate of drug-likeness (QED) is 0.754. The van der Waals surface area contributed by atoms with Gasteiger partial charge in [-0.25, -0.2) is 0 Å². The fraction of sp³-hybridized carbons (Fsp3) is 0.818. The Morgan fingerprint density at radius 2 is 1.94 bits per heavy atom. The summed E-state index contributed by atoms with van der Waals surface area (Å²) in [6.45, 7) is 1.71. The summed E-state index contributed by atoms with van der Waals surface area (Å²) in [5, 5.41) is 9.05. The number of likely N-dealkylation sites (tertiary alicyclic amines) is 1. The number of halogens is 1. The molecule has 0 saturated carbocycles. The van der Waals surface area contributed by atoms with E-state index in [0.717, 1.165) is 12.8 Å². The lowest BCUT2D eigenvalue weighted by molar-refractivity contribution is -0.166. The number of carbonyl (C=O) groups excluding carboxylic acids is 1. The van der Waals surface area contributed by atoms with Crippen molar-refractivity contribution in [1.29, 1.82) is 0 Å². The molecule has 1 N–H and O–H groups in total. The van der Waals surface area contributed by atoms with Crippen molar-refractivity contribution in [3.8, 4) is 0 Å². The summed E-state index contributed by atoms with van der Waals surface area (Å²) in [4.78, 5) is 24.7. The SMILES string of the molecule is O=C(C1CCOCC1)N1CC(CCl)(C(=O)O)C1. The van der Waals surface area contributed by atoms with Gasteiger partial charge in [-0.3, -0.25) is 9.59 Å². The van der Waals surface area contributed by atoms with Crippen LogP contribution in [0.5, 0.6) is 0 Å². The van der Waals surface area contributed by atoms with Crippen LogP contribution >= 0.6 is 11.6 Å². The Kier molecular flexibility index (Phi) is 3.58. The molecule has 0 atom stereocenters. The van der Waals surface area contributed by atoms with E-state index < -0.39 is 11.4 Å². The number of alkyl halides is 1. The van der Waals surface area contributed by atoms with Gasteiger partial charge in [-0.2, -0.15) is 0 Å². The van der Waals surface area contributed by atoms with Crippen molar-refractivity contribution >= 4 is 23.5 Å². The summed E-state index contributed by atoms with van der Waals surface area (Å²) >= 11 is 5.67. The maximum absolute atomic E-state index is 12.0. The number of amides is 1. The van der Waals surface area contributed by atoms with E-state index in [1.165, 1.54) is 0 Å². The van der Waals surface area contributed by atoms with Crippen LogP contribution in [0.3, 0.4) is 0 Å². The van der Waals surface area contributed by atoms with E-state index in [9.17, 15) is 9.59 Å². The van der Waals surface area contributed by atoms with E-state index in [1.54, 1.807) is 4.90 Å². The van der Waals surface area contributed by atoms with Gasteiger partial charge in [0.2, 0.25) is 5.91 Å². The highest BCUT2D eigenvalue weighted by atomic mass is 35.5. The van der Waals surface area contributed by atoms with Crippen molar-refractivity contribution < 1.29 is 19.4 Å². The molecule has 17 heavy (non-hydrogen) atoms. The molecule has 96 valence electrons. The number of nitrogens with zero attached hydrogens (tertiary/aromatic N) is 1. The number of carbonyl (C=O) groups is 2. The molecular formula is C11H16ClNO4. The molecular weight excluding hydrogens is 246 g/mol. The molecule has 2 aliphatic rings. The Balaban J connectivity index is 1.90. The molecule has 2 aliphatic heterocycles. The summed E-state index contributed by atoms with van der Waals surface area (Å²) in [5.41, 5.74) is -0.928. The zero-order valence-electron chi connectivity index (χ0n) is 9.52. The van der Waals surface area contributed by atoms with Gasteiger partial charge in [-0.05, 0) is 12.8 Å². The standard InChI is InChI=1S/C11H16ClNO4/c12-5-11(10(15)16)6-13(7-11)9(14)8-1-3-17-4-2-8/h8H,1-7H2,(H,15,16). The zero-order chi connectivity index (χ0) is 12.5. The average molecular weight is 262 g/mol. The Morgan fingerprint density at radius 3 is 2.41 bits per heavy atom. The smallest absolute Gasteiger partial charge is 0.314 e. The van der Waals surface area contributed by atoms with Crippen LogP contribution in [-0.4, -0.2) is 54.1 Å². The minimum absolute atomic E-state index is 0.00845. The van der Waals surface area contributed by atoms with E-state index in [0.29, 0.717) is 13.2 Å². The van der Waals surface area contributed by atoms with E-state index in [-0.39, 0.29) is 30.8 Å². The normalized spacial score (nSPS) is 24.2. The Morgan fingerprint density at radius 1 is 1.35 bits per heavy atom. The second-order valence-electron chi connectivity index (χ2n) is 4.80. The molecule has 2 rings (SSSR count). The van der Waals surface area contributed by atoms with Gasteiger partial charge in [0.1, 0.15) is 5.41 Å². The van der Waals surface area contributed by atoms with E-state index >= 15 is 0 Å². The lowest BCUT2D eigenvalue weighted by Crippen LogP contribution is -2.64. The highest BCUT2D eigenvalue weighted by Crippen LogP contribution is 2.34. The third-order valence-corrected chi connectivity index (χ3v) is 4.09. The first-order chi connectivity index (χ1) is 8.09. The molecule has 2 saturated heterocycles. The maximum atomic E-state index is 12.0. The summed E-state index contributed by atoms with van der Waals surface area (Å²) in [5.74, 6) is -0.815. The number of hydrogen-bond donors (Lipinski definition) is 1. The van der Waals surface area contributed by atoms with Gasteiger partial charge in [0.05, 0.1) is 0 Å². The third kappa shape index (κ3) is 2.26. The van der Waals surface area contributed by atoms with Crippen molar-refractivity contribution in [3.05, 3.63) is 0 Å². The van der Waals surface area contributed by atoms with Crippen LogP contribution in [0.15, 0.2) is 0 Å². The topological polar surface area (TPSA) is 66.8 Å². The average Bonchev–Trinajstić information content (AvgIpc) is 2.29. The van der Waals surface area contributed by atoms with Gasteiger partial charge >= 0.3 is 5.97 Å². The lowest BCUT2D eigenvalue weighted by Gasteiger charge is -2.47. The summed E-state index contributed by atoms with van der Waals surface area (Å²) < 4.78 is 5.20. The second kappa shape index (κ2) is 4.82. The summed E-state index contributed by atoms with van der Waals surface area (Å²) in [7, 11) is 0. The van der Waals surface area contributed by atoms with Crippen LogP contribution in [0, 0.1) is 11.3 Å². The maximum Gasteiger partial charge on any atom is 0.314 e. The molecule has 0 aromatic heterocycles. The van der Waals surface area contributed by atoms with Gasteiger partial charge in [-0.15, -0.1) is 11.6 Å². The lowest BCUT2D eigenvalue weighted by atomic mass is 9.80.